The monoisotopic (exact) mass is 416 g/mol. The van der Waals surface area contributed by atoms with Crippen molar-refractivity contribution in [3.63, 3.8) is 0 Å². The zero-order valence-electron chi connectivity index (χ0n) is 14.2. The van der Waals surface area contributed by atoms with Gasteiger partial charge in [0.2, 0.25) is 10.0 Å². The van der Waals surface area contributed by atoms with E-state index < -0.39 is 15.9 Å². The van der Waals surface area contributed by atoms with E-state index in [0.29, 0.717) is 21.5 Å². The summed E-state index contributed by atoms with van der Waals surface area (Å²) in [5, 5.41) is 3.28. The van der Waals surface area contributed by atoms with Gasteiger partial charge in [-0.15, -0.1) is 0 Å². The van der Waals surface area contributed by atoms with Gasteiger partial charge in [-0.25, -0.2) is 12.7 Å². The minimum Gasteiger partial charge on any atom is -0.484 e. The molecule has 6 nitrogen and oxygen atoms in total. The summed E-state index contributed by atoms with van der Waals surface area (Å²) in [4.78, 5) is 12.0. The summed E-state index contributed by atoms with van der Waals surface area (Å²) in [7, 11) is -1.74. The summed E-state index contributed by atoms with van der Waals surface area (Å²) in [5.74, 6) is 0.0806. The highest BCUT2D eigenvalue weighted by Crippen LogP contribution is 2.29. The minimum absolute atomic E-state index is 0.218. The zero-order valence-corrected chi connectivity index (χ0v) is 16.5. The summed E-state index contributed by atoms with van der Waals surface area (Å²) in [5.41, 5.74) is 1.14. The van der Waals surface area contributed by atoms with E-state index in [4.69, 9.17) is 27.9 Å². The van der Waals surface area contributed by atoms with E-state index in [9.17, 15) is 13.2 Å². The van der Waals surface area contributed by atoms with Gasteiger partial charge in [-0.2, -0.15) is 0 Å². The van der Waals surface area contributed by atoms with Gasteiger partial charge in [0.15, 0.2) is 6.61 Å². The second-order valence-electron chi connectivity index (χ2n) is 5.60. The molecule has 0 aliphatic rings. The van der Waals surface area contributed by atoms with Crippen LogP contribution >= 0.6 is 23.2 Å². The minimum atomic E-state index is -3.24. The molecule has 9 heteroatoms. The Morgan fingerprint density at radius 3 is 2.23 bits per heavy atom. The average molecular weight is 417 g/mol. The highest BCUT2D eigenvalue weighted by molar-refractivity contribution is 7.88. The van der Waals surface area contributed by atoms with Gasteiger partial charge in [0.25, 0.3) is 5.91 Å². The molecular formula is C17H18Cl2N2O4S. The van der Waals surface area contributed by atoms with E-state index in [-0.39, 0.29) is 13.2 Å². The normalized spacial score (nSPS) is 11.4. The van der Waals surface area contributed by atoms with Gasteiger partial charge >= 0.3 is 0 Å². The molecule has 140 valence electrons. The summed E-state index contributed by atoms with van der Waals surface area (Å²) in [6, 6.07) is 11.7. The fraction of sp³-hybridized carbons (Fsp3) is 0.235. The van der Waals surface area contributed by atoms with E-state index in [0.717, 1.165) is 11.8 Å². The molecule has 0 fully saturated rings. The van der Waals surface area contributed by atoms with Crippen molar-refractivity contribution in [2.24, 2.45) is 0 Å². The number of carbonyl (C=O) groups is 1. The lowest BCUT2D eigenvalue weighted by Crippen LogP contribution is -2.24. The van der Waals surface area contributed by atoms with Crippen LogP contribution in [0.2, 0.25) is 10.0 Å². The Bertz CT molecular complexity index is 866. The highest BCUT2D eigenvalue weighted by atomic mass is 35.5. The molecule has 0 aliphatic carbocycles. The Morgan fingerprint density at radius 1 is 1.12 bits per heavy atom. The molecule has 1 amide bonds. The number of rotatable bonds is 7. The third-order valence-electron chi connectivity index (χ3n) is 3.49. The maximum Gasteiger partial charge on any atom is 0.262 e. The number of hydrogen-bond acceptors (Lipinski definition) is 4. The SMILES string of the molecule is CN(Cc1ccc(OCC(=O)Nc2c(Cl)cccc2Cl)cc1)S(C)(=O)=O. The van der Waals surface area contributed by atoms with E-state index in [2.05, 4.69) is 5.32 Å². The third-order valence-corrected chi connectivity index (χ3v) is 5.38. The van der Waals surface area contributed by atoms with Crippen LogP contribution < -0.4 is 10.1 Å². The molecule has 2 rings (SSSR count). The van der Waals surface area contributed by atoms with Gasteiger partial charge < -0.3 is 10.1 Å². The fourth-order valence-corrected chi connectivity index (χ4v) is 2.88. The van der Waals surface area contributed by atoms with E-state index in [1.165, 1.54) is 11.4 Å². The summed E-state index contributed by atoms with van der Waals surface area (Å²) < 4.78 is 29.5. The second-order valence-corrected chi connectivity index (χ2v) is 8.50. The quantitative estimate of drug-likeness (QED) is 0.749. The Balaban J connectivity index is 1.90. The van der Waals surface area contributed by atoms with Crippen molar-refractivity contribution >= 4 is 44.8 Å². The number of amides is 1. The number of nitrogens with zero attached hydrogens (tertiary/aromatic N) is 1. The number of sulfonamides is 1. The maximum absolute atomic E-state index is 12.0. The summed E-state index contributed by atoms with van der Waals surface area (Å²) in [6.45, 7) is 0.0365. The van der Waals surface area contributed by atoms with Crippen LogP contribution in [0.25, 0.3) is 0 Å². The Labute approximate surface area is 162 Å². The van der Waals surface area contributed by atoms with Crippen LogP contribution in [0.3, 0.4) is 0 Å². The molecule has 0 saturated heterocycles. The van der Waals surface area contributed by atoms with Crippen LogP contribution in [-0.4, -0.2) is 38.5 Å². The van der Waals surface area contributed by atoms with Gasteiger partial charge in [0.05, 0.1) is 22.0 Å². The largest absolute Gasteiger partial charge is 0.484 e. The summed E-state index contributed by atoms with van der Waals surface area (Å²) in [6.07, 6.45) is 1.15. The lowest BCUT2D eigenvalue weighted by atomic mass is 10.2. The predicted octanol–water partition coefficient (Wildman–Crippen LogP) is 3.40. The van der Waals surface area contributed by atoms with Gasteiger partial charge in [0.1, 0.15) is 5.75 Å². The first-order valence-electron chi connectivity index (χ1n) is 7.53. The predicted molar refractivity (Wildman–Crippen MR) is 103 cm³/mol. The van der Waals surface area contributed by atoms with Crippen LogP contribution in [0.15, 0.2) is 42.5 Å². The topological polar surface area (TPSA) is 75.7 Å². The number of nitrogens with one attached hydrogen (secondary N) is 1. The first-order valence-corrected chi connectivity index (χ1v) is 10.1. The molecular weight excluding hydrogens is 399 g/mol. The second kappa shape index (κ2) is 8.73. The van der Waals surface area contributed by atoms with Crippen molar-refractivity contribution in [3.05, 3.63) is 58.1 Å². The molecule has 1 N–H and O–H groups in total. The van der Waals surface area contributed by atoms with Gasteiger partial charge in [-0.1, -0.05) is 41.4 Å². The van der Waals surface area contributed by atoms with Gasteiger partial charge in [0, 0.05) is 13.6 Å². The van der Waals surface area contributed by atoms with Crippen molar-refractivity contribution < 1.29 is 17.9 Å². The number of para-hydroxylation sites is 1. The lowest BCUT2D eigenvalue weighted by Gasteiger charge is -2.14. The Kier molecular flexibility index (Phi) is 6.88. The molecule has 26 heavy (non-hydrogen) atoms. The van der Waals surface area contributed by atoms with Crippen LogP contribution in [0, 0.1) is 0 Å². The maximum atomic E-state index is 12.0. The molecule has 0 unspecified atom stereocenters. The summed E-state index contributed by atoms with van der Waals surface area (Å²) >= 11 is 12.0. The van der Waals surface area contributed by atoms with Crippen LogP contribution in [0.4, 0.5) is 5.69 Å². The highest BCUT2D eigenvalue weighted by Gasteiger charge is 2.12. The Hall–Kier alpha value is -1.80. The standard InChI is InChI=1S/C17H18Cl2N2O4S/c1-21(26(2,23)24)10-12-6-8-13(9-7-12)25-11-16(22)20-17-14(18)4-3-5-15(17)19/h3-9H,10-11H2,1-2H3,(H,20,22). The number of benzene rings is 2. The van der Waals surface area contributed by atoms with Crippen molar-refractivity contribution in [2.45, 2.75) is 6.54 Å². The molecule has 0 saturated carbocycles. The van der Waals surface area contributed by atoms with Crippen LogP contribution in [0.1, 0.15) is 5.56 Å². The van der Waals surface area contributed by atoms with E-state index in [1.807, 2.05) is 0 Å². The van der Waals surface area contributed by atoms with Gasteiger partial charge in [-0.3, -0.25) is 4.79 Å². The molecule has 0 atom stereocenters. The molecule has 0 bridgehead atoms. The average Bonchev–Trinajstić information content (AvgIpc) is 2.57. The fourth-order valence-electron chi connectivity index (χ4n) is 2.01. The first-order chi connectivity index (χ1) is 12.2. The van der Waals surface area contributed by atoms with Crippen molar-refractivity contribution in [1.82, 2.24) is 4.31 Å². The zero-order chi connectivity index (χ0) is 19.3. The van der Waals surface area contributed by atoms with Gasteiger partial charge in [-0.05, 0) is 29.8 Å². The van der Waals surface area contributed by atoms with Crippen LogP contribution in [0.5, 0.6) is 5.75 Å². The molecule has 0 aliphatic heterocycles. The number of ether oxygens (including phenoxy) is 1. The third kappa shape index (κ3) is 5.88. The van der Waals surface area contributed by atoms with Crippen LogP contribution in [-0.2, 0) is 21.4 Å². The lowest BCUT2D eigenvalue weighted by molar-refractivity contribution is -0.118. The molecule has 0 radical (unpaired) electrons. The van der Waals surface area contributed by atoms with Crippen molar-refractivity contribution in [1.29, 1.82) is 0 Å². The molecule has 2 aromatic carbocycles. The van der Waals surface area contributed by atoms with E-state index >= 15 is 0 Å². The molecule has 0 heterocycles. The molecule has 0 aromatic heterocycles. The number of carbonyl (C=O) groups excluding carboxylic acids is 1. The Morgan fingerprint density at radius 2 is 1.69 bits per heavy atom. The number of halogens is 2. The number of hydrogen-bond donors (Lipinski definition) is 1. The molecule has 0 spiro atoms. The van der Waals surface area contributed by atoms with Crippen molar-refractivity contribution in [2.75, 3.05) is 25.2 Å². The van der Waals surface area contributed by atoms with Crippen molar-refractivity contribution in [3.8, 4) is 5.75 Å². The number of anilines is 1. The smallest absolute Gasteiger partial charge is 0.262 e. The molecule has 2 aromatic rings. The first kappa shape index (κ1) is 20.5. The van der Waals surface area contributed by atoms with E-state index in [1.54, 1.807) is 42.5 Å².